The normalized spacial score (nSPS) is 11.1. The van der Waals surface area contributed by atoms with Crippen molar-refractivity contribution in [2.45, 2.75) is 18.4 Å². The summed E-state index contributed by atoms with van der Waals surface area (Å²) in [4.78, 5) is 18.4. The molecule has 0 bridgehead atoms. The fourth-order valence-electron chi connectivity index (χ4n) is 2.77. The van der Waals surface area contributed by atoms with Crippen molar-refractivity contribution in [3.05, 3.63) is 88.7 Å². The second-order valence-electron chi connectivity index (χ2n) is 6.60. The van der Waals surface area contributed by atoms with Gasteiger partial charge in [0.05, 0.1) is 27.7 Å². The minimum atomic E-state index is -3.88. The largest absolute Gasteiger partial charge is 0.336 e. The third-order valence-electron chi connectivity index (χ3n) is 4.22. The van der Waals surface area contributed by atoms with Crippen LogP contribution in [0, 0.1) is 6.92 Å². The van der Waals surface area contributed by atoms with Crippen LogP contribution in [0.5, 0.6) is 0 Å². The molecular formula is C21H20ClN3O3S. The number of benzene rings is 2. The number of carbonyl (C=O) groups is 1. The maximum absolute atomic E-state index is 12.9. The number of rotatable bonds is 6. The lowest BCUT2D eigenvalue weighted by atomic mass is 10.2. The Labute approximate surface area is 175 Å². The first kappa shape index (κ1) is 20.8. The standard InChI is InChI=1S/C21H20ClN3O3S/c1-15-6-5-8-16(12-15)24-29(27,28)18-9-10-20(22)19(13-18)21(26)25(2)14-17-7-3-4-11-23-17/h3-13,24H,14H2,1-2H3. The maximum Gasteiger partial charge on any atom is 0.261 e. The van der Waals surface area contributed by atoms with Crippen molar-refractivity contribution in [2.75, 3.05) is 11.8 Å². The van der Waals surface area contributed by atoms with E-state index in [1.807, 2.05) is 19.1 Å². The van der Waals surface area contributed by atoms with Gasteiger partial charge in [-0.15, -0.1) is 0 Å². The number of nitrogens with zero attached hydrogens (tertiary/aromatic N) is 2. The van der Waals surface area contributed by atoms with Gasteiger partial charge in [-0.05, 0) is 55.0 Å². The first-order valence-corrected chi connectivity index (χ1v) is 10.7. The molecule has 0 aliphatic rings. The lowest BCUT2D eigenvalue weighted by Crippen LogP contribution is -2.27. The number of hydrogen-bond donors (Lipinski definition) is 1. The number of pyridine rings is 1. The molecule has 6 nitrogen and oxygen atoms in total. The monoisotopic (exact) mass is 429 g/mol. The minimum Gasteiger partial charge on any atom is -0.336 e. The van der Waals surface area contributed by atoms with Gasteiger partial charge < -0.3 is 4.90 Å². The number of aryl methyl sites for hydroxylation is 1. The summed E-state index contributed by atoms with van der Waals surface area (Å²) in [7, 11) is -2.27. The first-order valence-electron chi connectivity index (χ1n) is 8.81. The fourth-order valence-corrected chi connectivity index (χ4v) is 4.04. The predicted octanol–water partition coefficient (Wildman–Crippen LogP) is 4.12. The molecule has 0 atom stereocenters. The smallest absolute Gasteiger partial charge is 0.261 e. The van der Waals surface area contributed by atoms with Gasteiger partial charge in [-0.2, -0.15) is 0 Å². The van der Waals surface area contributed by atoms with Crippen LogP contribution in [0.2, 0.25) is 5.02 Å². The molecule has 0 saturated carbocycles. The predicted molar refractivity (Wildman–Crippen MR) is 113 cm³/mol. The van der Waals surface area contributed by atoms with Gasteiger partial charge in [0, 0.05) is 18.9 Å². The number of hydrogen-bond acceptors (Lipinski definition) is 4. The summed E-state index contributed by atoms with van der Waals surface area (Å²) >= 11 is 6.19. The molecule has 29 heavy (non-hydrogen) atoms. The quantitative estimate of drug-likeness (QED) is 0.639. The Morgan fingerprint density at radius 1 is 1.10 bits per heavy atom. The van der Waals surface area contributed by atoms with E-state index < -0.39 is 15.9 Å². The summed E-state index contributed by atoms with van der Waals surface area (Å²) in [6, 6.07) is 16.5. The van der Waals surface area contributed by atoms with Gasteiger partial charge in [-0.3, -0.25) is 14.5 Å². The summed E-state index contributed by atoms with van der Waals surface area (Å²) in [6.45, 7) is 2.14. The van der Waals surface area contributed by atoms with E-state index in [0.29, 0.717) is 11.4 Å². The summed E-state index contributed by atoms with van der Waals surface area (Å²) in [5.41, 5.74) is 2.19. The van der Waals surface area contributed by atoms with Crippen molar-refractivity contribution >= 4 is 33.2 Å². The molecule has 0 fully saturated rings. The van der Waals surface area contributed by atoms with Crippen LogP contribution in [-0.4, -0.2) is 31.3 Å². The fraction of sp³-hybridized carbons (Fsp3) is 0.143. The maximum atomic E-state index is 12.9. The van der Waals surface area contributed by atoms with E-state index in [2.05, 4.69) is 9.71 Å². The molecular weight excluding hydrogens is 410 g/mol. The number of halogens is 1. The number of aromatic nitrogens is 1. The molecule has 1 N–H and O–H groups in total. The highest BCUT2D eigenvalue weighted by Crippen LogP contribution is 2.24. The van der Waals surface area contributed by atoms with Crippen LogP contribution in [0.1, 0.15) is 21.6 Å². The molecule has 3 aromatic rings. The minimum absolute atomic E-state index is 0.0435. The van der Waals surface area contributed by atoms with Crippen molar-refractivity contribution in [1.29, 1.82) is 0 Å². The molecule has 0 spiro atoms. The van der Waals surface area contributed by atoms with Crippen LogP contribution in [0.15, 0.2) is 71.8 Å². The van der Waals surface area contributed by atoms with Gasteiger partial charge in [0.15, 0.2) is 0 Å². The Hall–Kier alpha value is -2.90. The summed E-state index contributed by atoms with van der Waals surface area (Å²) in [5.74, 6) is -0.395. The Kier molecular flexibility index (Phi) is 6.20. The number of carbonyl (C=O) groups excluding carboxylic acids is 1. The SMILES string of the molecule is Cc1cccc(NS(=O)(=O)c2ccc(Cl)c(C(=O)N(C)Cc3ccccn3)c2)c1. The van der Waals surface area contributed by atoms with Gasteiger partial charge in [-0.25, -0.2) is 8.42 Å². The molecule has 0 radical (unpaired) electrons. The summed E-state index contributed by atoms with van der Waals surface area (Å²) < 4.78 is 28.1. The van der Waals surface area contributed by atoms with Gasteiger partial charge in [-0.1, -0.05) is 29.8 Å². The number of amides is 1. The van der Waals surface area contributed by atoms with Crippen molar-refractivity contribution in [2.24, 2.45) is 0 Å². The topological polar surface area (TPSA) is 79.4 Å². The molecule has 2 aromatic carbocycles. The van der Waals surface area contributed by atoms with Crippen LogP contribution in [0.3, 0.4) is 0 Å². The van der Waals surface area contributed by atoms with E-state index >= 15 is 0 Å². The summed E-state index contributed by atoms with van der Waals surface area (Å²) in [5, 5.41) is 0.178. The molecule has 0 saturated heterocycles. The van der Waals surface area contributed by atoms with Crippen LogP contribution >= 0.6 is 11.6 Å². The van der Waals surface area contributed by atoms with E-state index in [0.717, 1.165) is 5.56 Å². The third kappa shape index (κ3) is 5.13. The molecule has 1 amide bonds. The molecule has 0 aliphatic carbocycles. The van der Waals surface area contributed by atoms with Gasteiger partial charge in [0.1, 0.15) is 0 Å². The Morgan fingerprint density at radius 3 is 2.59 bits per heavy atom. The lowest BCUT2D eigenvalue weighted by Gasteiger charge is -2.18. The van der Waals surface area contributed by atoms with Crippen LogP contribution in [0.25, 0.3) is 0 Å². The van der Waals surface area contributed by atoms with E-state index in [9.17, 15) is 13.2 Å². The van der Waals surface area contributed by atoms with Crippen molar-refractivity contribution in [3.8, 4) is 0 Å². The van der Waals surface area contributed by atoms with Gasteiger partial charge in [0.2, 0.25) is 0 Å². The third-order valence-corrected chi connectivity index (χ3v) is 5.93. The van der Waals surface area contributed by atoms with E-state index in [1.54, 1.807) is 43.6 Å². The second-order valence-corrected chi connectivity index (χ2v) is 8.69. The zero-order valence-electron chi connectivity index (χ0n) is 16.0. The second kappa shape index (κ2) is 8.63. The van der Waals surface area contributed by atoms with Crippen LogP contribution in [0.4, 0.5) is 5.69 Å². The highest BCUT2D eigenvalue weighted by atomic mass is 35.5. The highest BCUT2D eigenvalue weighted by molar-refractivity contribution is 7.92. The Balaban J connectivity index is 1.86. The van der Waals surface area contributed by atoms with Crippen LogP contribution < -0.4 is 4.72 Å². The number of anilines is 1. The zero-order chi connectivity index (χ0) is 21.0. The molecule has 3 rings (SSSR count). The van der Waals surface area contributed by atoms with Crippen LogP contribution in [-0.2, 0) is 16.6 Å². The molecule has 1 aromatic heterocycles. The van der Waals surface area contributed by atoms with E-state index in [1.165, 1.54) is 23.1 Å². The van der Waals surface area contributed by atoms with Crippen molar-refractivity contribution in [3.63, 3.8) is 0 Å². The average molecular weight is 430 g/mol. The number of nitrogens with one attached hydrogen (secondary N) is 1. The summed E-state index contributed by atoms with van der Waals surface area (Å²) in [6.07, 6.45) is 1.64. The van der Waals surface area contributed by atoms with Gasteiger partial charge >= 0.3 is 0 Å². The van der Waals surface area contributed by atoms with E-state index in [4.69, 9.17) is 11.6 Å². The van der Waals surface area contributed by atoms with E-state index in [-0.39, 0.29) is 22.0 Å². The molecule has 0 aliphatic heterocycles. The van der Waals surface area contributed by atoms with Crippen molar-refractivity contribution in [1.82, 2.24) is 9.88 Å². The Bertz CT molecular complexity index is 1130. The highest BCUT2D eigenvalue weighted by Gasteiger charge is 2.21. The van der Waals surface area contributed by atoms with Crippen molar-refractivity contribution < 1.29 is 13.2 Å². The first-order chi connectivity index (χ1) is 13.8. The molecule has 1 heterocycles. The average Bonchev–Trinajstić information content (AvgIpc) is 2.68. The Morgan fingerprint density at radius 2 is 1.90 bits per heavy atom. The van der Waals surface area contributed by atoms with Gasteiger partial charge in [0.25, 0.3) is 15.9 Å². The molecule has 0 unspecified atom stereocenters. The molecule has 8 heteroatoms. The zero-order valence-corrected chi connectivity index (χ0v) is 17.5. The number of sulfonamides is 1. The lowest BCUT2D eigenvalue weighted by molar-refractivity contribution is 0.0783. The molecule has 150 valence electrons.